The molecule has 21 heavy (non-hydrogen) atoms. The van der Waals surface area contributed by atoms with Gasteiger partial charge in [-0.1, -0.05) is 11.2 Å². The van der Waals surface area contributed by atoms with Gasteiger partial charge in [-0.3, -0.25) is 10.1 Å². The van der Waals surface area contributed by atoms with E-state index in [1.807, 2.05) is 0 Å². The average Bonchev–Trinajstić information content (AvgIpc) is 2.49. The molecule has 0 saturated heterocycles. The maximum atomic E-state index is 10.6. The van der Waals surface area contributed by atoms with Gasteiger partial charge in [-0.2, -0.15) is 0 Å². The average molecular weight is 296 g/mol. The Bertz CT molecular complexity index is 490. The van der Waals surface area contributed by atoms with Crippen LogP contribution in [0.15, 0.2) is 29.4 Å². The van der Waals surface area contributed by atoms with Crippen molar-refractivity contribution in [2.24, 2.45) is 5.11 Å². The van der Waals surface area contributed by atoms with Crippen LogP contribution in [0.3, 0.4) is 0 Å². The minimum absolute atomic E-state index is 0.0122. The van der Waals surface area contributed by atoms with Crippen molar-refractivity contribution in [1.82, 2.24) is 0 Å². The summed E-state index contributed by atoms with van der Waals surface area (Å²) >= 11 is 0. The van der Waals surface area contributed by atoms with Crippen LogP contribution in [0.1, 0.15) is 0 Å². The first-order valence-corrected chi connectivity index (χ1v) is 6.27. The first kappa shape index (κ1) is 16.7. The molecule has 1 aromatic rings. The van der Waals surface area contributed by atoms with E-state index in [0.29, 0.717) is 45.3 Å². The molecule has 0 amide bonds. The summed E-state index contributed by atoms with van der Waals surface area (Å²) in [6.07, 6.45) is 0. The van der Waals surface area contributed by atoms with E-state index in [4.69, 9.17) is 19.7 Å². The van der Waals surface area contributed by atoms with Gasteiger partial charge in [0.1, 0.15) is 12.4 Å². The SMILES string of the molecule is [N-]=[N+]=NCCOCCOCCOc1cccc([N+](=O)[O-])c1. The highest BCUT2D eigenvalue weighted by molar-refractivity contribution is 5.37. The molecular formula is C12H16N4O5. The van der Waals surface area contributed by atoms with Crippen molar-refractivity contribution in [3.8, 4) is 5.75 Å². The van der Waals surface area contributed by atoms with Crippen LogP contribution in [-0.4, -0.2) is 44.5 Å². The van der Waals surface area contributed by atoms with Crippen molar-refractivity contribution < 1.29 is 19.1 Å². The fourth-order valence-corrected chi connectivity index (χ4v) is 1.38. The Kier molecular flexibility index (Phi) is 8.30. The number of ether oxygens (including phenoxy) is 3. The van der Waals surface area contributed by atoms with Gasteiger partial charge in [0.25, 0.3) is 5.69 Å². The highest BCUT2D eigenvalue weighted by Crippen LogP contribution is 2.18. The van der Waals surface area contributed by atoms with Gasteiger partial charge < -0.3 is 14.2 Å². The molecule has 0 atom stereocenters. The quantitative estimate of drug-likeness (QED) is 0.155. The van der Waals surface area contributed by atoms with E-state index in [-0.39, 0.29) is 5.69 Å². The summed E-state index contributed by atoms with van der Waals surface area (Å²) in [6, 6.07) is 5.97. The van der Waals surface area contributed by atoms with Crippen LogP contribution >= 0.6 is 0 Å². The first-order valence-electron chi connectivity index (χ1n) is 6.27. The first-order chi connectivity index (χ1) is 10.2. The van der Waals surface area contributed by atoms with Crippen molar-refractivity contribution in [1.29, 1.82) is 0 Å². The maximum Gasteiger partial charge on any atom is 0.273 e. The third-order valence-electron chi connectivity index (χ3n) is 2.30. The molecule has 0 unspecified atom stereocenters. The summed E-state index contributed by atoms with van der Waals surface area (Å²) in [4.78, 5) is 12.7. The third kappa shape index (κ3) is 7.73. The molecule has 0 aliphatic heterocycles. The van der Waals surface area contributed by atoms with Crippen LogP contribution in [0.25, 0.3) is 10.4 Å². The number of nitro benzene ring substituents is 1. The summed E-state index contributed by atoms with van der Waals surface area (Å²) < 4.78 is 15.7. The van der Waals surface area contributed by atoms with E-state index in [1.165, 1.54) is 12.1 Å². The lowest BCUT2D eigenvalue weighted by atomic mass is 10.3. The number of rotatable bonds is 11. The number of azide groups is 1. The lowest BCUT2D eigenvalue weighted by Crippen LogP contribution is -2.11. The zero-order valence-electron chi connectivity index (χ0n) is 11.4. The Morgan fingerprint density at radius 1 is 1.19 bits per heavy atom. The minimum Gasteiger partial charge on any atom is -0.491 e. The van der Waals surface area contributed by atoms with Crippen LogP contribution in [0.5, 0.6) is 5.75 Å². The Morgan fingerprint density at radius 2 is 1.90 bits per heavy atom. The predicted molar refractivity (Wildman–Crippen MR) is 74.2 cm³/mol. The Morgan fingerprint density at radius 3 is 2.62 bits per heavy atom. The van der Waals surface area contributed by atoms with Crippen molar-refractivity contribution >= 4 is 5.69 Å². The fraction of sp³-hybridized carbons (Fsp3) is 0.500. The standard InChI is InChI=1S/C12H16N4O5/c13-15-14-4-5-19-6-7-20-8-9-21-12-3-1-2-11(10-12)16(17)18/h1-3,10H,4-9H2. The van der Waals surface area contributed by atoms with Crippen LogP contribution < -0.4 is 4.74 Å². The molecule has 0 N–H and O–H groups in total. The van der Waals surface area contributed by atoms with E-state index in [9.17, 15) is 10.1 Å². The van der Waals surface area contributed by atoms with E-state index < -0.39 is 4.92 Å². The maximum absolute atomic E-state index is 10.6. The van der Waals surface area contributed by atoms with Gasteiger partial charge in [-0.05, 0) is 11.6 Å². The second-order valence-corrected chi connectivity index (χ2v) is 3.78. The molecule has 0 heterocycles. The minimum atomic E-state index is -0.475. The number of nitrogens with zero attached hydrogens (tertiary/aromatic N) is 4. The Labute approximate surface area is 121 Å². The Hall–Kier alpha value is -2.35. The molecular weight excluding hydrogens is 280 g/mol. The van der Waals surface area contributed by atoms with Crippen molar-refractivity contribution in [3.05, 3.63) is 44.8 Å². The molecule has 0 spiro atoms. The largest absolute Gasteiger partial charge is 0.491 e. The molecule has 0 aromatic heterocycles. The lowest BCUT2D eigenvalue weighted by Gasteiger charge is -2.07. The Balaban J connectivity index is 2.05. The van der Waals surface area contributed by atoms with E-state index in [2.05, 4.69) is 10.0 Å². The number of non-ortho nitro benzene ring substituents is 1. The molecule has 0 aliphatic rings. The lowest BCUT2D eigenvalue weighted by molar-refractivity contribution is -0.384. The molecule has 1 aromatic carbocycles. The number of hydrogen-bond donors (Lipinski definition) is 0. The van der Waals surface area contributed by atoms with Gasteiger partial charge in [0.15, 0.2) is 0 Å². The molecule has 9 nitrogen and oxygen atoms in total. The molecule has 9 heteroatoms. The zero-order chi connectivity index (χ0) is 15.3. The molecule has 0 radical (unpaired) electrons. The van der Waals surface area contributed by atoms with Crippen LogP contribution in [0, 0.1) is 10.1 Å². The molecule has 0 fully saturated rings. The molecule has 114 valence electrons. The monoisotopic (exact) mass is 296 g/mol. The van der Waals surface area contributed by atoms with Crippen molar-refractivity contribution in [3.63, 3.8) is 0 Å². The summed E-state index contributed by atoms with van der Waals surface area (Å²) in [5.74, 6) is 0.429. The summed E-state index contributed by atoms with van der Waals surface area (Å²) in [6.45, 7) is 2.10. The van der Waals surface area contributed by atoms with Gasteiger partial charge in [0.05, 0.1) is 37.4 Å². The van der Waals surface area contributed by atoms with Gasteiger partial charge in [0.2, 0.25) is 0 Å². The second-order valence-electron chi connectivity index (χ2n) is 3.78. The third-order valence-corrected chi connectivity index (χ3v) is 2.30. The summed E-state index contributed by atoms with van der Waals surface area (Å²) in [7, 11) is 0. The number of hydrogen-bond acceptors (Lipinski definition) is 6. The fourth-order valence-electron chi connectivity index (χ4n) is 1.38. The normalized spacial score (nSPS) is 9.90. The zero-order valence-corrected chi connectivity index (χ0v) is 11.4. The smallest absolute Gasteiger partial charge is 0.273 e. The highest BCUT2D eigenvalue weighted by atomic mass is 16.6. The number of nitro groups is 1. The predicted octanol–water partition coefficient (Wildman–Crippen LogP) is 2.32. The molecule has 0 saturated carbocycles. The van der Waals surface area contributed by atoms with E-state index in [0.717, 1.165) is 0 Å². The summed E-state index contributed by atoms with van der Waals surface area (Å²) in [5, 5.41) is 13.9. The van der Waals surface area contributed by atoms with Crippen molar-refractivity contribution in [2.75, 3.05) is 39.6 Å². The topological polar surface area (TPSA) is 120 Å². The molecule has 0 bridgehead atoms. The van der Waals surface area contributed by atoms with Gasteiger partial charge in [0, 0.05) is 17.5 Å². The molecule has 0 aliphatic carbocycles. The van der Waals surface area contributed by atoms with Gasteiger partial charge in [-0.15, -0.1) is 0 Å². The van der Waals surface area contributed by atoms with Crippen molar-refractivity contribution in [2.45, 2.75) is 0 Å². The van der Waals surface area contributed by atoms with E-state index in [1.54, 1.807) is 12.1 Å². The number of benzene rings is 1. The summed E-state index contributed by atoms with van der Waals surface area (Å²) in [5.41, 5.74) is 8.02. The van der Waals surface area contributed by atoms with Crippen LogP contribution in [0.4, 0.5) is 5.69 Å². The van der Waals surface area contributed by atoms with E-state index >= 15 is 0 Å². The van der Waals surface area contributed by atoms with Crippen LogP contribution in [-0.2, 0) is 9.47 Å². The second kappa shape index (κ2) is 10.4. The molecule has 1 rings (SSSR count). The highest BCUT2D eigenvalue weighted by Gasteiger charge is 2.05. The van der Waals surface area contributed by atoms with Crippen LogP contribution in [0.2, 0.25) is 0 Å². The van der Waals surface area contributed by atoms with Gasteiger partial charge >= 0.3 is 0 Å². The van der Waals surface area contributed by atoms with Gasteiger partial charge in [-0.25, -0.2) is 0 Å².